The van der Waals surface area contributed by atoms with Crippen molar-refractivity contribution in [2.75, 3.05) is 12.5 Å². The third-order valence-electron chi connectivity index (χ3n) is 1.07. The monoisotopic (exact) mass is 250 g/mol. The number of hydrogen-bond acceptors (Lipinski definition) is 4. The summed E-state index contributed by atoms with van der Waals surface area (Å²) < 4.78 is 4.45. The van der Waals surface area contributed by atoms with E-state index in [0.29, 0.717) is 0 Å². The van der Waals surface area contributed by atoms with Gasteiger partial charge in [-0.2, -0.15) is 0 Å². The number of carboxylic acids is 1. The zero-order chi connectivity index (χ0) is 13.0. The number of hydrogen-bond donors (Lipinski definition) is 2. The molecule has 0 aliphatic rings. The second-order valence-electron chi connectivity index (χ2n) is 2.48. The zero-order valence-electron chi connectivity index (χ0n) is 8.93. The van der Waals surface area contributed by atoms with E-state index in [4.69, 9.17) is 21.8 Å². The number of aliphatic hydroxyl groups is 1. The topological polar surface area (TPSA) is 83.8 Å². The zero-order valence-corrected chi connectivity index (χ0v) is 9.68. The number of alkyl halides is 1. The summed E-state index contributed by atoms with van der Waals surface area (Å²) in [6.45, 7) is 4.76. The fourth-order valence-corrected chi connectivity index (χ4v) is 0.513. The highest BCUT2D eigenvalue weighted by molar-refractivity contribution is 6.18. The molecule has 0 saturated heterocycles. The summed E-state index contributed by atoms with van der Waals surface area (Å²) >= 11 is 5.21. The van der Waals surface area contributed by atoms with E-state index in [-0.39, 0.29) is 12.5 Å². The van der Waals surface area contributed by atoms with Crippen molar-refractivity contribution in [2.24, 2.45) is 0 Å². The van der Waals surface area contributed by atoms with Crippen molar-refractivity contribution in [2.45, 2.75) is 13.0 Å². The average Bonchev–Trinajstić information content (AvgIpc) is 2.25. The first kappa shape index (κ1) is 17.1. The van der Waals surface area contributed by atoms with Gasteiger partial charge >= 0.3 is 11.9 Å². The molecule has 0 aromatic rings. The molecule has 0 aliphatic carbocycles. The molecule has 0 radical (unpaired) electrons. The van der Waals surface area contributed by atoms with Crippen molar-refractivity contribution in [3.63, 3.8) is 0 Å². The van der Waals surface area contributed by atoms with Crippen LogP contribution in [0.5, 0.6) is 0 Å². The van der Waals surface area contributed by atoms with Crippen molar-refractivity contribution < 1.29 is 24.5 Å². The van der Waals surface area contributed by atoms with Gasteiger partial charge in [-0.3, -0.25) is 0 Å². The third-order valence-corrected chi connectivity index (χ3v) is 1.43. The van der Waals surface area contributed by atoms with E-state index in [0.717, 1.165) is 12.2 Å². The molecule has 16 heavy (non-hydrogen) atoms. The Bertz CT molecular complexity index is 250. The molecule has 1 atom stereocenters. The first-order valence-electron chi connectivity index (χ1n) is 4.36. The van der Waals surface area contributed by atoms with E-state index in [2.05, 4.69) is 11.3 Å². The summed E-state index contributed by atoms with van der Waals surface area (Å²) in [6.07, 6.45) is 2.80. The van der Waals surface area contributed by atoms with Gasteiger partial charge in [-0.05, 0) is 6.92 Å². The number of aliphatic hydroxyl groups excluding tert-OH is 1. The van der Waals surface area contributed by atoms with Gasteiger partial charge in [0.25, 0.3) is 0 Å². The van der Waals surface area contributed by atoms with Crippen LogP contribution in [-0.4, -0.2) is 40.7 Å². The number of halogens is 1. The number of esters is 1. The first-order valence-corrected chi connectivity index (χ1v) is 4.90. The van der Waals surface area contributed by atoms with Crippen molar-refractivity contribution >= 4 is 23.5 Å². The lowest BCUT2D eigenvalue weighted by atomic mass is 10.4. The minimum atomic E-state index is -0.891. The van der Waals surface area contributed by atoms with E-state index < -0.39 is 18.0 Å². The maximum atomic E-state index is 10.3. The molecule has 0 amide bonds. The van der Waals surface area contributed by atoms with Gasteiger partial charge in [-0.25, -0.2) is 9.59 Å². The van der Waals surface area contributed by atoms with E-state index in [9.17, 15) is 9.59 Å². The number of rotatable bonds is 5. The van der Waals surface area contributed by atoms with Crippen LogP contribution in [0, 0.1) is 0 Å². The van der Waals surface area contributed by atoms with Gasteiger partial charge in [0.2, 0.25) is 0 Å². The summed E-state index contributed by atoms with van der Waals surface area (Å²) in [4.78, 5) is 19.9. The Labute approximate surface area is 99.0 Å². The summed E-state index contributed by atoms with van der Waals surface area (Å²) in [6, 6.07) is 0. The molecule has 0 heterocycles. The normalized spacial score (nSPS) is 11.2. The first-order chi connectivity index (χ1) is 7.47. The van der Waals surface area contributed by atoms with Crippen molar-refractivity contribution in [1.29, 1.82) is 0 Å². The average molecular weight is 251 g/mol. The minimum absolute atomic E-state index is 0.0599. The largest absolute Gasteiger partial charge is 0.478 e. The molecule has 0 saturated carbocycles. The smallest absolute Gasteiger partial charge is 0.330 e. The Balaban J connectivity index is 0. The minimum Gasteiger partial charge on any atom is -0.478 e. The highest BCUT2D eigenvalue weighted by Crippen LogP contribution is 1.89. The lowest BCUT2D eigenvalue weighted by molar-refractivity contribution is -0.140. The molecule has 0 bridgehead atoms. The van der Waals surface area contributed by atoms with Crippen molar-refractivity contribution in [3.05, 3.63) is 24.8 Å². The van der Waals surface area contributed by atoms with Gasteiger partial charge in [0, 0.05) is 12.2 Å². The molecule has 0 aliphatic heterocycles. The Hall–Kier alpha value is -1.33. The summed E-state index contributed by atoms with van der Waals surface area (Å²) in [7, 11) is 0. The van der Waals surface area contributed by atoms with Gasteiger partial charge in [-0.15, -0.1) is 11.6 Å². The lowest BCUT2D eigenvalue weighted by Crippen LogP contribution is -2.18. The Morgan fingerprint density at radius 1 is 1.56 bits per heavy atom. The van der Waals surface area contributed by atoms with Crippen LogP contribution in [0.15, 0.2) is 24.8 Å². The molecule has 5 nitrogen and oxygen atoms in total. The van der Waals surface area contributed by atoms with Crippen molar-refractivity contribution in [1.82, 2.24) is 0 Å². The Morgan fingerprint density at radius 2 is 2.12 bits per heavy atom. The van der Waals surface area contributed by atoms with Crippen LogP contribution in [-0.2, 0) is 14.3 Å². The molecular formula is C10H15ClO5. The molecular weight excluding hydrogens is 236 g/mol. The van der Waals surface area contributed by atoms with Crippen LogP contribution in [0.25, 0.3) is 0 Å². The molecule has 0 aromatic carbocycles. The number of carbonyl (C=O) groups is 2. The van der Waals surface area contributed by atoms with E-state index in [1.165, 1.54) is 6.08 Å². The standard InChI is InChI=1S/C6H9ClO3.C4H6O2/c1-2-6(9)10-4-5(8)3-7;1-2-3-4(5)6/h2,5,8H,1,3-4H2;2-3H,1H3,(H,5,6). The summed E-state index contributed by atoms with van der Waals surface area (Å²) in [5.41, 5.74) is 0. The molecule has 92 valence electrons. The number of allylic oxidation sites excluding steroid dienone is 1. The van der Waals surface area contributed by atoms with E-state index in [1.54, 1.807) is 6.92 Å². The van der Waals surface area contributed by atoms with Crippen LogP contribution < -0.4 is 0 Å². The predicted molar refractivity (Wildman–Crippen MR) is 60.3 cm³/mol. The second kappa shape index (κ2) is 11.7. The molecule has 0 fully saturated rings. The number of carboxylic acid groups (broad SMARTS) is 1. The number of aliphatic carboxylic acids is 1. The molecule has 0 rings (SSSR count). The van der Waals surface area contributed by atoms with E-state index >= 15 is 0 Å². The maximum absolute atomic E-state index is 10.3. The van der Waals surface area contributed by atoms with Gasteiger partial charge in [0.15, 0.2) is 0 Å². The number of ether oxygens (including phenoxy) is 1. The molecule has 1 unspecified atom stereocenters. The summed E-state index contributed by atoms with van der Waals surface area (Å²) in [5.74, 6) is -1.38. The number of carbonyl (C=O) groups excluding carboxylic acids is 1. The van der Waals surface area contributed by atoms with Crippen LogP contribution in [0.3, 0.4) is 0 Å². The van der Waals surface area contributed by atoms with Gasteiger partial charge < -0.3 is 14.9 Å². The highest BCUT2D eigenvalue weighted by Gasteiger charge is 2.03. The van der Waals surface area contributed by atoms with Gasteiger partial charge in [0.1, 0.15) is 12.7 Å². The summed E-state index contributed by atoms with van der Waals surface area (Å²) in [5, 5.41) is 16.6. The maximum Gasteiger partial charge on any atom is 0.330 e. The third kappa shape index (κ3) is 15.2. The van der Waals surface area contributed by atoms with Crippen LogP contribution >= 0.6 is 11.6 Å². The molecule has 2 N–H and O–H groups in total. The second-order valence-corrected chi connectivity index (χ2v) is 2.79. The van der Waals surface area contributed by atoms with Crippen LogP contribution in [0.4, 0.5) is 0 Å². The van der Waals surface area contributed by atoms with Gasteiger partial charge in [0.05, 0.1) is 5.88 Å². The Kier molecular flexibility index (Phi) is 12.5. The van der Waals surface area contributed by atoms with E-state index in [1.807, 2.05) is 0 Å². The SMILES string of the molecule is C=CC(=O)OCC(O)CCl.CC=CC(=O)O. The molecule has 0 spiro atoms. The van der Waals surface area contributed by atoms with Crippen LogP contribution in [0.1, 0.15) is 6.92 Å². The quantitative estimate of drug-likeness (QED) is 0.431. The fourth-order valence-electron chi connectivity index (χ4n) is 0.424. The lowest BCUT2D eigenvalue weighted by Gasteiger charge is -2.04. The van der Waals surface area contributed by atoms with Crippen molar-refractivity contribution in [3.8, 4) is 0 Å². The fraction of sp³-hybridized carbons (Fsp3) is 0.400. The molecule has 0 aromatic heterocycles. The predicted octanol–water partition coefficient (Wildman–Crippen LogP) is 0.962. The Morgan fingerprint density at radius 3 is 2.38 bits per heavy atom. The highest BCUT2D eigenvalue weighted by atomic mass is 35.5. The van der Waals surface area contributed by atoms with Crippen LogP contribution in [0.2, 0.25) is 0 Å². The van der Waals surface area contributed by atoms with Gasteiger partial charge in [-0.1, -0.05) is 12.7 Å². The molecule has 6 heteroatoms.